The summed E-state index contributed by atoms with van der Waals surface area (Å²) < 4.78 is 67.2. The first-order chi connectivity index (χ1) is 27.9. The van der Waals surface area contributed by atoms with Crippen LogP contribution in [0.25, 0.3) is 27.8 Å². The molecule has 58 heavy (non-hydrogen) atoms. The summed E-state index contributed by atoms with van der Waals surface area (Å²) in [5.74, 6) is -4.76. The number of fused-ring (bicyclic) bond motifs is 1. The van der Waals surface area contributed by atoms with Gasteiger partial charge in [-0.05, 0) is 78.9 Å². The Balaban J connectivity index is 1.10. The molecule has 298 valence electrons. The summed E-state index contributed by atoms with van der Waals surface area (Å²) in [6.07, 6.45) is 11.7. The van der Waals surface area contributed by atoms with Gasteiger partial charge in [-0.1, -0.05) is 31.4 Å². The molecule has 6 aromatic rings. The van der Waals surface area contributed by atoms with Crippen molar-refractivity contribution in [3.63, 3.8) is 0 Å². The maximum Gasteiger partial charge on any atom is 0.335 e. The summed E-state index contributed by atoms with van der Waals surface area (Å²) in [4.78, 5) is 65.3. The number of aryl methyl sites for hydroxylation is 1. The highest BCUT2D eigenvalue weighted by molar-refractivity contribution is 7.92. The van der Waals surface area contributed by atoms with E-state index < -0.39 is 62.1 Å². The monoisotopic (exact) mass is 809 g/mol. The van der Waals surface area contributed by atoms with Crippen LogP contribution in [0.1, 0.15) is 48.0 Å². The van der Waals surface area contributed by atoms with Crippen LogP contribution < -0.4 is 21.3 Å². The van der Waals surface area contributed by atoms with Crippen molar-refractivity contribution in [1.82, 2.24) is 29.4 Å². The molecule has 1 aliphatic rings. The molecule has 14 nitrogen and oxygen atoms in total. The molecule has 0 aliphatic heterocycles. The van der Waals surface area contributed by atoms with Crippen molar-refractivity contribution in [2.45, 2.75) is 49.5 Å². The SMILES string of the molecule is Cn1c(=O)n(-c2ccc(C[C@H](NC(=O)c3c(F)cc(NS(=O)(=O)c4ccc(-c5ccncc5)nc4)cc3F)C(=O)OCC3CCCCC3)cc2)c(=O)c2ccncc21. The molecule has 0 bridgehead atoms. The van der Waals surface area contributed by atoms with Gasteiger partial charge in [0.2, 0.25) is 0 Å². The number of nitrogens with one attached hydrogen (secondary N) is 2. The molecule has 0 radical (unpaired) electrons. The number of carbonyl (C=O) groups excluding carboxylic acids is 2. The number of esters is 1. The van der Waals surface area contributed by atoms with Gasteiger partial charge in [-0.3, -0.25) is 33.8 Å². The fourth-order valence-corrected chi connectivity index (χ4v) is 7.90. The summed E-state index contributed by atoms with van der Waals surface area (Å²) in [7, 11) is -2.84. The molecular weight excluding hydrogens is 773 g/mol. The smallest absolute Gasteiger partial charge is 0.335 e. The molecule has 0 spiro atoms. The van der Waals surface area contributed by atoms with Crippen LogP contribution in [0.15, 0.2) is 112 Å². The van der Waals surface area contributed by atoms with Crippen LogP contribution in [0, 0.1) is 17.6 Å². The van der Waals surface area contributed by atoms with Crippen LogP contribution in [-0.4, -0.2) is 57.0 Å². The third kappa shape index (κ3) is 8.53. The van der Waals surface area contributed by atoms with Crippen molar-refractivity contribution in [3.8, 4) is 16.9 Å². The maximum atomic E-state index is 15.5. The second kappa shape index (κ2) is 16.9. The zero-order valence-corrected chi connectivity index (χ0v) is 31.9. The summed E-state index contributed by atoms with van der Waals surface area (Å²) in [6, 6.07) is 13.6. The van der Waals surface area contributed by atoms with Gasteiger partial charge in [0.15, 0.2) is 0 Å². The molecule has 17 heteroatoms. The number of halogens is 2. The number of hydrogen-bond donors (Lipinski definition) is 2. The van der Waals surface area contributed by atoms with Gasteiger partial charge < -0.3 is 10.1 Å². The fraction of sp³-hybridized carbons (Fsp3) is 0.244. The molecule has 1 saturated carbocycles. The van der Waals surface area contributed by atoms with E-state index in [-0.39, 0.29) is 34.9 Å². The van der Waals surface area contributed by atoms with Gasteiger partial charge in [-0.15, -0.1) is 0 Å². The number of benzene rings is 2. The van der Waals surface area contributed by atoms with Crippen LogP contribution in [0.2, 0.25) is 0 Å². The van der Waals surface area contributed by atoms with Crippen molar-refractivity contribution >= 4 is 38.5 Å². The minimum absolute atomic E-state index is 0.105. The molecule has 1 atom stereocenters. The van der Waals surface area contributed by atoms with Gasteiger partial charge in [0.25, 0.3) is 21.5 Å². The van der Waals surface area contributed by atoms with Crippen molar-refractivity contribution < 1.29 is 31.5 Å². The minimum atomic E-state index is -4.36. The highest BCUT2D eigenvalue weighted by Crippen LogP contribution is 2.26. The van der Waals surface area contributed by atoms with Crippen LogP contribution in [0.5, 0.6) is 0 Å². The first-order valence-corrected chi connectivity index (χ1v) is 19.9. The van der Waals surface area contributed by atoms with Gasteiger partial charge in [0.05, 0.1) is 40.8 Å². The molecular formula is C41H37F2N7O7S. The number of rotatable bonds is 12. The maximum absolute atomic E-state index is 15.5. The van der Waals surface area contributed by atoms with Crippen LogP contribution in [0.4, 0.5) is 14.5 Å². The number of hydrogen-bond acceptors (Lipinski definition) is 10. The van der Waals surface area contributed by atoms with Gasteiger partial charge in [-0.25, -0.2) is 31.4 Å². The Kier molecular flexibility index (Phi) is 11.5. The third-order valence-electron chi connectivity index (χ3n) is 10.0. The Morgan fingerprint density at radius 3 is 2.26 bits per heavy atom. The van der Waals surface area contributed by atoms with E-state index in [1.165, 1.54) is 54.3 Å². The zero-order chi connectivity index (χ0) is 41.0. The average Bonchev–Trinajstić information content (AvgIpc) is 3.22. The summed E-state index contributed by atoms with van der Waals surface area (Å²) in [5.41, 5.74) is -0.460. The Bertz CT molecular complexity index is 2700. The van der Waals surface area contributed by atoms with Crippen molar-refractivity contribution in [1.29, 1.82) is 0 Å². The highest BCUT2D eigenvalue weighted by Gasteiger charge is 2.29. The van der Waals surface area contributed by atoms with E-state index in [1.807, 2.05) is 0 Å². The van der Waals surface area contributed by atoms with Crippen LogP contribution >= 0.6 is 0 Å². The van der Waals surface area contributed by atoms with E-state index in [9.17, 15) is 27.6 Å². The third-order valence-corrected chi connectivity index (χ3v) is 11.4. The molecule has 0 unspecified atom stereocenters. The Morgan fingerprint density at radius 1 is 0.897 bits per heavy atom. The molecule has 0 saturated heterocycles. The van der Waals surface area contributed by atoms with Crippen molar-refractivity contribution in [2.24, 2.45) is 13.0 Å². The quantitative estimate of drug-likeness (QED) is 0.158. The van der Waals surface area contributed by atoms with Gasteiger partial charge in [0, 0.05) is 43.8 Å². The van der Waals surface area contributed by atoms with Gasteiger partial charge >= 0.3 is 11.7 Å². The molecule has 4 aromatic heterocycles. The Morgan fingerprint density at radius 2 is 1.59 bits per heavy atom. The lowest BCUT2D eigenvalue weighted by Crippen LogP contribution is -2.44. The molecule has 7 rings (SSSR count). The lowest BCUT2D eigenvalue weighted by Gasteiger charge is -2.23. The van der Waals surface area contributed by atoms with Gasteiger partial charge in [0.1, 0.15) is 28.1 Å². The predicted molar refractivity (Wildman–Crippen MR) is 210 cm³/mol. The highest BCUT2D eigenvalue weighted by atomic mass is 32.2. The summed E-state index contributed by atoms with van der Waals surface area (Å²) in [6.45, 7) is 0.105. The van der Waals surface area contributed by atoms with Crippen molar-refractivity contribution in [2.75, 3.05) is 11.3 Å². The predicted octanol–water partition coefficient (Wildman–Crippen LogP) is 5.09. The second-order valence-electron chi connectivity index (χ2n) is 13.9. The Labute approximate surface area is 330 Å². The standard InChI is InChI=1S/C41H37F2N7O7S/c1-49-36-23-45-18-15-31(36)39(52)50(41(49)54)29-9-7-25(8-10-29)19-35(40(53)57-24-26-5-3-2-4-6-26)47-38(51)37-32(42)20-28(21-33(37)43)48-58(55,56)30-11-12-34(46-22-30)27-13-16-44-17-14-27/h7-18,20-23,26,35,48H,2-6,19,24H2,1H3,(H,47,51)/t35-/m0/s1. The second-order valence-corrected chi connectivity index (χ2v) is 15.6. The Hall–Kier alpha value is -6.62. The number of aromatic nitrogens is 5. The number of pyridine rings is 3. The van der Waals surface area contributed by atoms with E-state index in [4.69, 9.17) is 4.74 Å². The lowest BCUT2D eigenvalue weighted by atomic mass is 9.90. The van der Waals surface area contributed by atoms with E-state index in [1.54, 1.807) is 36.7 Å². The average molecular weight is 810 g/mol. The first kappa shape index (κ1) is 39.6. The number of sulfonamides is 1. The molecule has 1 fully saturated rings. The normalized spacial score (nSPS) is 13.8. The molecule has 2 N–H and O–H groups in total. The molecule has 1 aliphatic carbocycles. The van der Waals surface area contributed by atoms with E-state index in [2.05, 4.69) is 25.0 Å². The topological polar surface area (TPSA) is 184 Å². The summed E-state index contributed by atoms with van der Waals surface area (Å²) in [5, 5.41) is 2.67. The minimum Gasteiger partial charge on any atom is -0.464 e. The molecule has 4 heterocycles. The number of amides is 1. The number of anilines is 1. The number of ether oxygens (including phenoxy) is 1. The van der Waals surface area contributed by atoms with E-state index in [0.29, 0.717) is 34.5 Å². The van der Waals surface area contributed by atoms with Crippen LogP contribution in [-0.2, 0) is 33.0 Å². The number of carbonyl (C=O) groups is 2. The van der Waals surface area contributed by atoms with Crippen molar-refractivity contribution in [3.05, 3.63) is 141 Å². The molecule has 2 aromatic carbocycles. The first-order valence-electron chi connectivity index (χ1n) is 18.4. The van der Waals surface area contributed by atoms with E-state index >= 15 is 8.78 Å². The van der Waals surface area contributed by atoms with Gasteiger partial charge in [-0.2, -0.15) is 0 Å². The number of nitrogens with zero attached hydrogens (tertiary/aromatic N) is 5. The molecule has 1 amide bonds. The fourth-order valence-electron chi connectivity index (χ4n) is 6.91. The summed E-state index contributed by atoms with van der Waals surface area (Å²) >= 11 is 0. The zero-order valence-electron chi connectivity index (χ0n) is 31.1. The van der Waals surface area contributed by atoms with Crippen LogP contribution in [0.3, 0.4) is 0 Å². The lowest BCUT2D eigenvalue weighted by molar-refractivity contribution is -0.147. The largest absolute Gasteiger partial charge is 0.464 e. The van der Waals surface area contributed by atoms with E-state index in [0.717, 1.165) is 42.9 Å².